The number of alkyl halides is 1. The van der Waals surface area contributed by atoms with E-state index >= 15 is 0 Å². The second-order valence-electron chi connectivity index (χ2n) is 6.40. The molecular weight excluding hydrogens is 429 g/mol. The van der Waals surface area contributed by atoms with E-state index in [0.717, 1.165) is 0 Å². The molecule has 0 radical (unpaired) electrons. The van der Waals surface area contributed by atoms with Gasteiger partial charge < -0.3 is 15.4 Å². The molecule has 1 aromatic carbocycles. The lowest BCUT2D eigenvalue weighted by Gasteiger charge is -2.16. The summed E-state index contributed by atoms with van der Waals surface area (Å²) in [6.07, 6.45) is 1.13. The first-order valence-electron chi connectivity index (χ1n) is 9.36. The van der Waals surface area contributed by atoms with Gasteiger partial charge in [0, 0.05) is 18.1 Å². The Kier molecular flexibility index (Phi) is 8.62. The largest absolute Gasteiger partial charge is 0.465 e. The summed E-state index contributed by atoms with van der Waals surface area (Å²) in [6.45, 7) is 3.96. The first-order chi connectivity index (χ1) is 14.3. The van der Waals surface area contributed by atoms with E-state index in [9.17, 15) is 14.4 Å². The van der Waals surface area contributed by atoms with Crippen molar-refractivity contribution in [3.63, 3.8) is 0 Å². The van der Waals surface area contributed by atoms with Gasteiger partial charge in [-0.05, 0) is 43.5 Å². The van der Waals surface area contributed by atoms with Crippen molar-refractivity contribution in [2.75, 3.05) is 24.9 Å². The van der Waals surface area contributed by atoms with Crippen molar-refractivity contribution in [3.8, 4) is 0 Å². The number of halogens is 2. The molecule has 2 amide bonds. The zero-order valence-corrected chi connectivity index (χ0v) is 18.5. The van der Waals surface area contributed by atoms with Crippen LogP contribution in [0.2, 0.25) is 5.02 Å². The van der Waals surface area contributed by atoms with Gasteiger partial charge in [0.05, 0.1) is 23.4 Å². The number of carbonyl (C=O) groups excluding carboxylic acids is 3. The minimum atomic E-state index is -0.674. The van der Waals surface area contributed by atoms with Crippen molar-refractivity contribution in [1.29, 1.82) is 0 Å². The lowest BCUT2D eigenvalue weighted by molar-refractivity contribution is 0.0602. The van der Waals surface area contributed by atoms with Gasteiger partial charge in [-0.15, -0.1) is 11.6 Å². The summed E-state index contributed by atoms with van der Waals surface area (Å²) in [7, 11) is 1.23. The number of aromatic nitrogens is 1. The van der Waals surface area contributed by atoms with E-state index < -0.39 is 17.8 Å². The monoisotopic (exact) mass is 451 g/mol. The third-order valence-corrected chi connectivity index (χ3v) is 4.92. The fourth-order valence-corrected chi connectivity index (χ4v) is 3.17. The van der Waals surface area contributed by atoms with E-state index in [2.05, 4.69) is 15.6 Å². The molecule has 2 aromatic rings. The molecule has 9 heteroatoms. The number of nitrogens with one attached hydrogen (secondary N) is 2. The Morgan fingerprint density at radius 2 is 1.87 bits per heavy atom. The van der Waals surface area contributed by atoms with Crippen LogP contribution in [0.15, 0.2) is 24.3 Å². The van der Waals surface area contributed by atoms with Gasteiger partial charge in [-0.25, -0.2) is 9.78 Å². The van der Waals surface area contributed by atoms with E-state index in [1.807, 2.05) is 6.92 Å². The predicted molar refractivity (Wildman–Crippen MR) is 117 cm³/mol. The molecule has 2 N–H and O–H groups in total. The average Bonchev–Trinajstić information content (AvgIpc) is 2.73. The quantitative estimate of drug-likeness (QED) is 0.359. The Hall–Kier alpha value is -2.64. The number of pyridine rings is 1. The smallest absolute Gasteiger partial charge is 0.341 e. The lowest BCUT2D eigenvalue weighted by atomic mass is 10.0. The molecule has 30 heavy (non-hydrogen) atoms. The van der Waals surface area contributed by atoms with Crippen LogP contribution in [-0.4, -0.2) is 42.3 Å². The van der Waals surface area contributed by atoms with Gasteiger partial charge in [0.1, 0.15) is 11.3 Å². The zero-order valence-electron chi connectivity index (χ0n) is 17.0. The van der Waals surface area contributed by atoms with Crippen molar-refractivity contribution >= 4 is 46.7 Å². The molecule has 1 aromatic heterocycles. The Labute approximate surface area is 185 Å². The SMILES string of the molecule is CCc1ccc(Cl)c(C(=O)OC)c1NC(=O)c1ccc(C)nc1C(=O)NCCCCl. The van der Waals surface area contributed by atoms with Crippen LogP contribution in [0, 0.1) is 6.92 Å². The molecule has 0 fully saturated rings. The lowest BCUT2D eigenvalue weighted by Crippen LogP contribution is -2.29. The van der Waals surface area contributed by atoms with Gasteiger partial charge in [0.2, 0.25) is 0 Å². The van der Waals surface area contributed by atoms with Crippen LogP contribution in [0.25, 0.3) is 0 Å². The van der Waals surface area contributed by atoms with Crippen LogP contribution in [-0.2, 0) is 11.2 Å². The highest BCUT2D eigenvalue weighted by molar-refractivity contribution is 6.34. The number of esters is 1. The fourth-order valence-electron chi connectivity index (χ4n) is 2.81. The van der Waals surface area contributed by atoms with Crippen LogP contribution in [0.5, 0.6) is 0 Å². The average molecular weight is 452 g/mol. The van der Waals surface area contributed by atoms with Crippen LogP contribution >= 0.6 is 23.2 Å². The number of hydrogen-bond acceptors (Lipinski definition) is 5. The van der Waals surface area contributed by atoms with Gasteiger partial charge in [0.15, 0.2) is 0 Å². The number of rotatable bonds is 8. The molecule has 0 saturated heterocycles. The van der Waals surface area contributed by atoms with Crippen LogP contribution in [0.4, 0.5) is 5.69 Å². The molecule has 0 aliphatic heterocycles. The van der Waals surface area contributed by atoms with Gasteiger partial charge in [-0.1, -0.05) is 24.6 Å². The number of benzene rings is 1. The number of ether oxygens (including phenoxy) is 1. The highest BCUT2D eigenvalue weighted by Gasteiger charge is 2.24. The maximum atomic E-state index is 13.1. The maximum Gasteiger partial charge on any atom is 0.341 e. The number of hydrogen-bond donors (Lipinski definition) is 2. The summed E-state index contributed by atoms with van der Waals surface area (Å²) in [4.78, 5) is 42.1. The summed E-state index contributed by atoms with van der Waals surface area (Å²) in [5.41, 5.74) is 1.64. The van der Waals surface area contributed by atoms with Crippen molar-refractivity contribution in [1.82, 2.24) is 10.3 Å². The van der Waals surface area contributed by atoms with Crippen LogP contribution < -0.4 is 10.6 Å². The number of amides is 2. The Balaban J connectivity index is 2.45. The molecule has 2 rings (SSSR count). The summed E-state index contributed by atoms with van der Waals surface area (Å²) < 4.78 is 4.82. The summed E-state index contributed by atoms with van der Waals surface area (Å²) in [5.74, 6) is -1.34. The first-order valence-corrected chi connectivity index (χ1v) is 10.3. The topological polar surface area (TPSA) is 97.4 Å². The van der Waals surface area contributed by atoms with Gasteiger partial charge in [-0.3, -0.25) is 9.59 Å². The van der Waals surface area contributed by atoms with E-state index in [1.54, 1.807) is 25.1 Å². The predicted octanol–water partition coefficient (Wildman–Crippen LogP) is 4.00. The molecule has 0 bridgehead atoms. The minimum absolute atomic E-state index is 0.0123. The zero-order chi connectivity index (χ0) is 22.3. The van der Waals surface area contributed by atoms with Crippen LogP contribution in [0.3, 0.4) is 0 Å². The van der Waals surface area contributed by atoms with E-state index in [4.69, 9.17) is 27.9 Å². The molecule has 0 aliphatic rings. The van der Waals surface area contributed by atoms with Crippen molar-refractivity contribution < 1.29 is 19.1 Å². The van der Waals surface area contributed by atoms with E-state index in [0.29, 0.717) is 36.5 Å². The molecule has 0 atom stereocenters. The van der Waals surface area contributed by atoms with Gasteiger partial charge >= 0.3 is 5.97 Å². The molecule has 1 heterocycles. The van der Waals surface area contributed by atoms with Crippen molar-refractivity contribution in [2.24, 2.45) is 0 Å². The summed E-state index contributed by atoms with van der Waals surface area (Å²) >= 11 is 11.8. The number of anilines is 1. The molecule has 0 saturated carbocycles. The van der Waals surface area contributed by atoms with E-state index in [1.165, 1.54) is 13.2 Å². The Morgan fingerprint density at radius 1 is 1.13 bits per heavy atom. The molecule has 0 spiro atoms. The molecule has 0 unspecified atom stereocenters. The standard InChI is InChI=1S/C21H23Cl2N3O4/c1-4-13-7-9-15(23)16(21(29)30-3)17(13)26-19(27)14-8-6-12(2)25-18(14)20(28)24-11-5-10-22/h6-9H,4-5,10-11H2,1-3H3,(H,24,28)(H,26,27). The normalized spacial score (nSPS) is 10.4. The number of carbonyl (C=O) groups is 3. The summed E-state index contributed by atoms with van der Waals surface area (Å²) in [5, 5.41) is 5.56. The number of methoxy groups -OCH3 is 1. The second-order valence-corrected chi connectivity index (χ2v) is 7.19. The Morgan fingerprint density at radius 3 is 2.50 bits per heavy atom. The van der Waals surface area contributed by atoms with Crippen molar-refractivity contribution in [3.05, 3.63) is 57.4 Å². The second kappa shape index (κ2) is 10.9. The highest BCUT2D eigenvalue weighted by atomic mass is 35.5. The number of nitrogens with zero attached hydrogens (tertiary/aromatic N) is 1. The third kappa shape index (κ3) is 5.49. The van der Waals surface area contributed by atoms with E-state index in [-0.39, 0.29) is 27.5 Å². The van der Waals surface area contributed by atoms with Gasteiger partial charge in [0.25, 0.3) is 11.8 Å². The molecular formula is C21H23Cl2N3O4. The molecule has 0 aliphatic carbocycles. The fraction of sp³-hybridized carbons (Fsp3) is 0.333. The number of aryl methyl sites for hydroxylation is 2. The third-order valence-electron chi connectivity index (χ3n) is 4.34. The Bertz CT molecular complexity index is 964. The first kappa shape index (κ1) is 23.6. The van der Waals surface area contributed by atoms with Gasteiger partial charge in [-0.2, -0.15) is 0 Å². The van der Waals surface area contributed by atoms with Crippen LogP contribution in [0.1, 0.15) is 55.8 Å². The minimum Gasteiger partial charge on any atom is -0.465 e. The molecule has 160 valence electrons. The van der Waals surface area contributed by atoms with Crippen molar-refractivity contribution in [2.45, 2.75) is 26.7 Å². The maximum absolute atomic E-state index is 13.1. The molecule has 7 nitrogen and oxygen atoms in total. The summed E-state index contributed by atoms with van der Waals surface area (Å²) in [6, 6.07) is 6.44. The highest BCUT2D eigenvalue weighted by Crippen LogP contribution is 2.30.